The van der Waals surface area contributed by atoms with Crippen LogP contribution in [0.25, 0.3) is 11.0 Å². The molecule has 2 heterocycles. The summed E-state index contributed by atoms with van der Waals surface area (Å²) >= 11 is 1.94. The first-order chi connectivity index (χ1) is 18.8. The van der Waals surface area contributed by atoms with Gasteiger partial charge in [0.05, 0.1) is 17.1 Å². The van der Waals surface area contributed by atoms with Gasteiger partial charge in [-0.15, -0.1) is 0 Å². The van der Waals surface area contributed by atoms with Crippen molar-refractivity contribution >= 4 is 28.6 Å². The van der Waals surface area contributed by atoms with Crippen LogP contribution in [-0.4, -0.2) is 26.5 Å². The highest BCUT2D eigenvalue weighted by Crippen LogP contribution is 2.25. The summed E-state index contributed by atoms with van der Waals surface area (Å²) in [5.74, 6) is 3.71. The van der Waals surface area contributed by atoms with Gasteiger partial charge >= 0.3 is 0 Å². The number of nitrogens with one attached hydrogen (secondary N) is 2. The Kier molecular flexibility index (Phi) is 12.6. The molecule has 1 atom stereocenters. The SMILES string of the molecule is CC(C)=CCC/C(C)=C/CC/C(=C/CSCC(Nc1cc(C)ccn1)c1nc2ccccc2[nH]1)CC=C(C)C. The van der Waals surface area contributed by atoms with Crippen molar-refractivity contribution in [2.45, 2.75) is 79.7 Å². The Balaban J connectivity index is 1.64. The van der Waals surface area contributed by atoms with Crippen LogP contribution in [0.1, 0.15) is 84.2 Å². The zero-order valence-corrected chi connectivity index (χ0v) is 25.5. The van der Waals surface area contributed by atoms with Crippen molar-refractivity contribution in [2.24, 2.45) is 0 Å². The molecule has 0 saturated heterocycles. The molecule has 0 aliphatic carbocycles. The maximum absolute atomic E-state index is 4.89. The van der Waals surface area contributed by atoms with Gasteiger partial charge in [-0.3, -0.25) is 0 Å². The highest BCUT2D eigenvalue weighted by atomic mass is 32.2. The molecule has 4 nitrogen and oxygen atoms in total. The van der Waals surface area contributed by atoms with E-state index in [1.54, 1.807) is 0 Å². The average Bonchev–Trinajstić information content (AvgIpc) is 3.32. The molecule has 5 heteroatoms. The van der Waals surface area contributed by atoms with E-state index in [1.807, 2.05) is 36.2 Å². The van der Waals surface area contributed by atoms with Gasteiger partial charge in [-0.2, -0.15) is 11.8 Å². The van der Waals surface area contributed by atoms with Crippen LogP contribution in [0.4, 0.5) is 5.82 Å². The van der Waals surface area contributed by atoms with Crippen LogP contribution in [0.2, 0.25) is 0 Å². The number of nitrogens with zero attached hydrogens (tertiary/aromatic N) is 2. The van der Waals surface area contributed by atoms with Crippen molar-refractivity contribution in [2.75, 3.05) is 16.8 Å². The van der Waals surface area contributed by atoms with Crippen LogP contribution in [0, 0.1) is 6.92 Å². The number of allylic oxidation sites excluding steroid dienone is 7. The summed E-state index contributed by atoms with van der Waals surface area (Å²) in [6.07, 6.45) is 17.0. The summed E-state index contributed by atoms with van der Waals surface area (Å²) in [4.78, 5) is 13.0. The smallest absolute Gasteiger partial charge is 0.130 e. The van der Waals surface area contributed by atoms with Crippen molar-refractivity contribution in [1.29, 1.82) is 0 Å². The monoisotopic (exact) mass is 542 g/mol. The zero-order valence-electron chi connectivity index (χ0n) is 24.7. The Morgan fingerprint density at radius 2 is 1.72 bits per heavy atom. The topological polar surface area (TPSA) is 53.6 Å². The van der Waals surface area contributed by atoms with Gasteiger partial charge in [0.15, 0.2) is 0 Å². The number of aromatic nitrogens is 3. The third kappa shape index (κ3) is 11.3. The van der Waals surface area contributed by atoms with E-state index in [0.29, 0.717) is 0 Å². The van der Waals surface area contributed by atoms with Crippen molar-refractivity contribution < 1.29 is 0 Å². The lowest BCUT2D eigenvalue weighted by atomic mass is 10.0. The van der Waals surface area contributed by atoms with Crippen molar-refractivity contribution in [3.8, 4) is 0 Å². The molecule has 3 aromatic rings. The number of para-hydroxylation sites is 2. The molecule has 0 aliphatic rings. The molecule has 0 aliphatic heterocycles. The molecule has 0 amide bonds. The number of anilines is 1. The number of thioether (sulfide) groups is 1. The number of hydrogen-bond donors (Lipinski definition) is 2. The molecule has 0 bridgehead atoms. The van der Waals surface area contributed by atoms with Crippen LogP contribution < -0.4 is 5.32 Å². The normalized spacial score (nSPS) is 12.9. The third-order valence-electron chi connectivity index (χ3n) is 6.57. The number of aromatic amines is 1. The second-order valence-electron chi connectivity index (χ2n) is 10.8. The predicted octanol–water partition coefficient (Wildman–Crippen LogP) is 9.91. The summed E-state index contributed by atoms with van der Waals surface area (Å²) in [6, 6.07) is 12.4. The van der Waals surface area contributed by atoms with Crippen LogP contribution >= 0.6 is 11.8 Å². The molecule has 0 spiro atoms. The molecule has 0 fully saturated rings. The predicted molar refractivity (Wildman–Crippen MR) is 173 cm³/mol. The number of imidazole rings is 1. The Morgan fingerprint density at radius 1 is 0.949 bits per heavy atom. The molecule has 1 aromatic carbocycles. The quantitative estimate of drug-likeness (QED) is 0.148. The summed E-state index contributed by atoms with van der Waals surface area (Å²) in [5, 5.41) is 3.63. The second kappa shape index (κ2) is 16.1. The first-order valence-corrected chi connectivity index (χ1v) is 15.3. The minimum Gasteiger partial charge on any atom is -0.359 e. The second-order valence-corrected chi connectivity index (χ2v) is 11.9. The van der Waals surface area contributed by atoms with E-state index < -0.39 is 0 Å². The molecule has 0 saturated carbocycles. The maximum Gasteiger partial charge on any atom is 0.130 e. The Hall–Kier alpha value is -3.05. The molecular weight excluding hydrogens is 496 g/mol. The molecule has 0 radical (unpaired) electrons. The standard InChI is InChI=1S/C34H46N4S/c1-25(2)11-9-12-27(5)13-10-14-29(18-17-26(3)4)20-22-39-24-32(36-33-23-28(6)19-21-35-33)34-37-30-15-7-8-16-31(30)38-34/h7-8,11,13,15-17,19-21,23,32H,9-10,12,14,18,22,24H2,1-6H3,(H,35,36)(H,37,38)/b27-13+,29-20-. The lowest BCUT2D eigenvalue weighted by Crippen LogP contribution is -2.16. The van der Waals surface area contributed by atoms with Crippen molar-refractivity contribution in [1.82, 2.24) is 15.0 Å². The summed E-state index contributed by atoms with van der Waals surface area (Å²) in [5.41, 5.74) is 9.04. The van der Waals surface area contributed by atoms with E-state index in [1.165, 1.54) is 27.9 Å². The number of fused-ring (bicyclic) bond motifs is 1. The van der Waals surface area contributed by atoms with E-state index >= 15 is 0 Å². The number of H-pyrrole nitrogens is 1. The Morgan fingerprint density at radius 3 is 2.46 bits per heavy atom. The average molecular weight is 543 g/mol. The van der Waals surface area contributed by atoms with E-state index in [-0.39, 0.29) is 6.04 Å². The van der Waals surface area contributed by atoms with Gasteiger partial charge < -0.3 is 10.3 Å². The number of hydrogen-bond acceptors (Lipinski definition) is 4. The first kappa shape index (κ1) is 30.5. The van der Waals surface area contributed by atoms with Gasteiger partial charge in [-0.25, -0.2) is 9.97 Å². The Bertz CT molecular complexity index is 1270. The van der Waals surface area contributed by atoms with Crippen molar-refractivity contribution in [3.63, 3.8) is 0 Å². The van der Waals surface area contributed by atoms with Gasteiger partial charge in [-0.1, -0.05) is 58.7 Å². The maximum atomic E-state index is 4.89. The van der Waals surface area contributed by atoms with E-state index in [9.17, 15) is 0 Å². The van der Waals surface area contributed by atoms with E-state index in [2.05, 4.69) is 99.3 Å². The summed E-state index contributed by atoms with van der Waals surface area (Å²) in [7, 11) is 0. The number of benzene rings is 1. The van der Waals surface area contributed by atoms with Gasteiger partial charge in [0.1, 0.15) is 11.6 Å². The van der Waals surface area contributed by atoms with Gasteiger partial charge in [-0.05, 0) is 103 Å². The van der Waals surface area contributed by atoms with E-state index in [0.717, 1.165) is 66.3 Å². The minimum absolute atomic E-state index is 0.0396. The van der Waals surface area contributed by atoms with E-state index in [4.69, 9.17) is 4.98 Å². The molecule has 2 N–H and O–H groups in total. The number of aryl methyl sites for hydroxylation is 1. The lowest BCUT2D eigenvalue weighted by Gasteiger charge is -2.17. The highest BCUT2D eigenvalue weighted by molar-refractivity contribution is 7.99. The highest BCUT2D eigenvalue weighted by Gasteiger charge is 2.16. The molecule has 2 aromatic heterocycles. The number of rotatable bonds is 15. The fourth-order valence-electron chi connectivity index (χ4n) is 4.30. The fraction of sp³-hybridized carbons (Fsp3) is 0.412. The lowest BCUT2D eigenvalue weighted by molar-refractivity contribution is 0.820. The summed E-state index contributed by atoms with van der Waals surface area (Å²) < 4.78 is 0. The number of pyridine rings is 1. The Labute approximate surface area is 240 Å². The van der Waals surface area contributed by atoms with Gasteiger partial charge in [0.2, 0.25) is 0 Å². The fourth-order valence-corrected chi connectivity index (χ4v) is 5.27. The molecule has 39 heavy (non-hydrogen) atoms. The molecule has 208 valence electrons. The third-order valence-corrected chi connectivity index (χ3v) is 7.54. The first-order valence-electron chi connectivity index (χ1n) is 14.1. The van der Waals surface area contributed by atoms with Crippen LogP contribution in [0.3, 0.4) is 0 Å². The minimum atomic E-state index is 0.0396. The van der Waals surface area contributed by atoms with Gasteiger partial charge in [0.25, 0.3) is 0 Å². The molecule has 1 unspecified atom stereocenters. The van der Waals surface area contributed by atoms with Crippen molar-refractivity contribution in [3.05, 3.63) is 101 Å². The van der Waals surface area contributed by atoms with Crippen LogP contribution in [-0.2, 0) is 0 Å². The van der Waals surface area contributed by atoms with Crippen LogP contribution in [0.5, 0.6) is 0 Å². The molecule has 3 rings (SSSR count). The van der Waals surface area contributed by atoms with Crippen LogP contribution in [0.15, 0.2) is 89.2 Å². The summed E-state index contributed by atoms with van der Waals surface area (Å²) in [6.45, 7) is 13.1. The molecular formula is C34H46N4S. The zero-order chi connectivity index (χ0) is 28.0. The largest absolute Gasteiger partial charge is 0.359 e. The van der Waals surface area contributed by atoms with Gasteiger partial charge in [0, 0.05) is 17.7 Å².